The maximum Gasteiger partial charge on any atom is 0.133 e. The Kier molecular flexibility index (Phi) is 5.56. The molecule has 11 heavy (non-hydrogen) atoms. The van der Waals surface area contributed by atoms with Gasteiger partial charge in [-0.2, -0.15) is 0 Å². The van der Waals surface area contributed by atoms with Gasteiger partial charge in [0.2, 0.25) is 0 Å². The average Bonchev–Trinajstić information content (AvgIpc) is 1.86. The van der Waals surface area contributed by atoms with Crippen LogP contribution in [0.4, 0.5) is 0 Å². The monoisotopic (exact) mass is 152 g/mol. The number of ketones is 1. The van der Waals surface area contributed by atoms with Gasteiger partial charge in [-0.1, -0.05) is 13.8 Å². The quantitative estimate of drug-likeness (QED) is 0.436. The average molecular weight is 152 g/mol. The zero-order chi connectivity index (χ0) is 8.69. The molecule has 0 aliphatic heterocycles. The fourth-order valence-electron chi connectivity index (χ4n) is 0.945. The van der Waals surface area contributed by atoms with E-state index in [4.69, 9.17) is 6.42 Å². The van der Waals surface area contributed by atoms with Crippen molar-refractivity contribution < 1.29 is 4.79 Å². The number of carbonyl (C=O) groups is 1. The second-order valence-electron chi connectivity index (χ2n) is 3.19. The van der Waals surface area contributed by atoms with Crippen molar-refractivity contribution in [2.24, 2.45) is 5.92 Å². The zero-order valence-corrected chi connectivity index (χ0v) is 7.39. The van der Waals surface area contributed by atoms with E-state index in [0.29, 0.717) is 24.5 Å². The van der Waals surface area contributed by atoms with E-state index < -0.39 is 0 Å². The molecule has 0 aromatic rings. The van der Waals surface area contributed by atoms with Gasteiger partial charge in [-0.25, -0.2) is 0 Å². The molecule has 0 aromatic carbocycles. The van der Waals surface area contributed by atoms with Crippen molar-refractivity contribution in [1.29, 1.82) is 0 Å². The lowest BCUT2D eigenvalue weighted by Gasteiger charge is -2.01. The topological polar surface area (TPSA) is 17.1 Å². The van der Waals surface area contributed by atoms with Crippen LogP contribution in [0.1, 0.15) is 39.5 Å². The fraction of sp³-hybridized carbons (Fsp3) is 0.700. The minimum atomic E-state index is 0.343. The van der Waals surface area contributed by atoms with Gasteiger partial charge in [0.25, 0.3) is 0 Å². The lowest BCUT2D eigenvalue weighted by Crippen LogP contribution is -2.01. The summed E-state index contributed by atoms with van der Waals surface area (Å²) >= 11 is 0. The van der Waals surface area contributed by atoms with Gasteiger partial charge in [0.1, 0.15) is 5.78 Å². The molecule has 0 rings (SSSR count). The Labute approximate surface area is 69.2 Å². The van der Waals surface area contributed by atoms with Crippen LogP contribution < -0.4 is 0 Å². The molecular formula is C10H16O. The van der Waals surface area contributed by atoms with Crippen molar-refractivity contribution in [1.82, 2.24) is 0 Å². The Morgan fingerprint density at radius 2 is 2.18 bits per heavy atom. The summed E-state index contributed by atoms with van der Waals surface area (Å²) in [6.07, 6.45) is 7.98. The summed E-state index contributed by atoms with van der Waals surface area (Å²) in [5.41, 5.74) is 0. The van der Waals surface area contributed by atoms with Gasteiger partial charge < -0.3 is 0 Å². The van der Waals surface area contributed by atoms with Gasteiger partial charge in [0.05, 0.1) is 0 Å². The van der Waals surface area contributed by atoms with E-state index in [9.17, 15) is 4.79 Å². The van der Waals surface area contributed by atoms with Crippen LogP contribution in [-0.4, -0.2) is 5.78 Å². The number of unbranched alkanes of at least 4 members (excludes halogenated alkanes) is 1. The molecule has 1 nitrogen and oxygen atoms in total. The molecule has 1 heteroatoms. The Hall–Kier alpha value is -0.770. The number of hydrogen-bond donors (Lipinski definition) is 0. The third-order valence-electron chi connectivity index (χ3n) is 1.41. The van der Waals surface area contributed by atoms with Crippen molar-refractivity contribution in [3.8, 4) is 12.3 Å². The highest BCUT2D eigenvalue weighted by atomic mass is 16.1. The number of hydrogen-bond acceptors (Lipinski definition) is 1. The minimum Gasteiger partial charge on any atom is -0.300 e. The van der Waals surface area contributed by atoms with E-state index in [1.165, 1.54) is 0 Å². The summed E-state index contributed by atoms with van der Waals surface area (Å²) in [4.78, 5) is 11.1. The number of terminal acetylenes is 1. The van der Waals surface area contributed by atoms with Gasteiger partial charge in [-0.05, 0) is 12.3 Å². The molecule has 0 spiro atoms. The van der Waals surface area contributed by atoms with Gasteiger partial charge in [0.15, 0.2) is 0 Å². The molecule has 0 aliphatic carbocycles. The SMILES string of the molecule is C#CCCCC(=O)CC(C)C. The second kappa shape index (κ2) is 5.97. The van der Waals surface area contributed by atoms with Gasteiger partial charge in [-0.15, -0.1) is 12.3 Å². The molecule has 0 radical (unpaired) electrons. The molecular weight excluding hydrogens is 136 g/mol. The van der Waals surface area contributed by atoms with Crippen LogP contribution in [0, 0.1) is 18.3 Å². The smallest absolute Gasteiger partial charge is 0.133 e. The minimum absolute atomic E-state index is 0.343. The first kappa shape index (κ1) is 10.2. The van der Waals surface area contributed by atoms with E-state index in [1.54, 1.807) is 0 Å². The lowest BCUT2D eigenvalue weighted by molar-refractivity contribution is -0.119. The van der Waals surface area contributed by atoms with Crippen LogP contribution in [0.15, 0.2) is 0 Å². The molecule has 0 aromatic heterocycles. The molecule has 0 saturated carbocycles. The summed E-state index contributed by atoms with van der Waals surface area (Å²) in [5, 5.41) is 0. The summed E-state index contributed by atoms with van der Waals surface area (Å²) in [6.45, 7) is 4.11. The second-order valence-corrected chi connectivity index (χ2v) is 3.19. The third-order valence-corrected chi connectivity index (χ3v) is 1.41. The van der Waals surface area contributed by atoms with Crippen LogP contribution in [0.2, 0.25) is 0 Å². The fourth-order valence-corrected chi connectivity index (χ4v) is 0.945. The Bertz CT molecular complexity index is 151. The van der Waals surface area contributed by atoms with Crippen molar-refractivity contribution in [2.45, 2.75) is 39.5 Å². The highest BCUT2D eigenvalue weighted by Gasteiger charge is 2.03. The van der Waals surface area contributed by atoms with Gasteiger partial charge >= 0.3 is 0 Å². The van der Waals surface area contributed by atoms with Crippen molar-refractivity contribution >= 4 is 5.78 Å². The summed E-state index contributed by atoms with van der Waals surface area (Å²) in [5.74, 6) is 3.35. The maximum atomic E-state index is 11.1. The third kappa shape index (κ3) is 7.12. The highest BCUT2D eigenvalue weighted by molar-refractivity contribution is 5.78. The predicted molar refractivity (Wildman–Crippen MR) is 47.1 cm³/mol. The van der Waals surface area contributed by atoms with E-state index in [2.05, 4.69) is 19.8 Å². The van der Waals surface area contributed by atoms with Gasteiger partial charge in [0, 0.05) is 19.3 Å². The lowest BCUT2D eigenvalue weighted by atomic mass is 10.0. The summed E-state index contributed by atoms with van der Waals surface area (Å²) in [6, 6.07) is 0. The first-order valence-corrected chi connectivity index (χ1v) is 4.12. The molecule has 0 unspecified atom stereocenters. The van der Waals surface area contributed by atoms with Crippen LogP contribution in [0.5, 0.6) is 0 Å². The Morgan fingerprint density at radius 3 is 2.64 bits per heavy atom. The maximum absolute atomic E-state index is 11.1. The first-order valence-electron chi connectivity index (χ1n) is 4.12. The van der Waals surface area contributed by atoms with E-state index >= 15 is 0 Å². The molecule has 0 bridgehead atoms. The molecule has 0 heterocycles. The van der Waals surface area contributed by atoms with Crippen molar-refractivity contribution in [3.05, 3.63) is 0 Å². The molecule has 0 atom stereocenters. The Balaban J connectivity index is 3.32. The standard InChI is InChI=1S/C10H16O/c1-4-5-6-7-10(11)8-9(2)3/h1,9H,5-8H2,2-3H3. The van der Waals surface area contributed by atoms with Crippen LogP contribution in [0.25, 0.3) is 0 Å². The summed E-state index contributed by atoms with van der Waals surface area (Å²) in [7, 11) is 0. The van der Waals surface area contributed by atoms with Crippen LogP contribution in [0.3, 0.4) is 0 Å². The Morgan fingerprint density at radius 1 is 1.55 bits per heavy atom. The van der Waals surface area contributed by atoms with E-state index in [-0.39, 0.29) is 0 Å². The molecule has 62 valence electrons. The number of carbonyl (C=O) groups excluding carboxylic acids is 1. The van der Waals surface area contributed by atoms with Crippen LogP contribution in [-0.2, 0) is 4.79 Å². The molecule has 0 fully saturated rings. The highest BCUT2D eigenvalue weighted by Crippen LogP contribution is 2.05. The number of Topliss-reactive ketones (excluding diaryl/α,β-unsaturated/α-hetero) is 1. The molecule has 0 N–H and O–H groups in total. The molecule has 0 aliphatic rings. The zero-order valence-electron chi connectivity index (χ0n) is 7.39. The normalized spacial score (nSPS) is 9.64. The predicted octanol–water partition coefficient (Wildman–Crippen LogP) is 2.41. The number of rotatable bonds is 5. The van der Waals surface area contributed by atoms with E-state index in [0.717, 1.165) is 12.8 Å². The van der Waals surface area contributed by atoms with Crippen molar-refractivity contribution in [2.75, 3.05) is 0 Å². The van der Waals surface area contributed by atoms with E-state index in [1.807, 2.05) is 0 Å². The van der Waals surface area contributed by atoms with Crippen molar-refractivity contribution in [3.63, 3.8) is 0 Å². The molecule has 0 saturated heterocycles. The molecule has 0 amide bonds. The largest absolute Gasteiger partial charge is 0.300 e. The van der Waals surface area contributed by atoms with Crippen LogP contribution >= 0.6 is 0 Å². The van der Waals surface area contributed by atoms with Gasteiger partial charge in [-0.3, -0.25) is 4.79 Å². The summed E-state index contributed by atoms with van der Waals surface area (Å²) < 4.78 is 0. The first-order chi connectivity index (χ1) is 5.16.